The maximum atomic E-state index is 11.7. The SMILES string of the molecule is CN1CCN(c2cccc(-c3ccccc3)c2C=O)CC1. The minimum absolute atomic E-state index is 0.799. The van der Waals surface area contributed by atoms with Crippen LogP contribution in [0.15, 0.2) is 48.5 Å². The molecule has 0 amide bonds. The molecular formula is C18H20N2O. The molecule has 1 heterocycles. The molecule has 1 saturated heterocycles. The number of likely N-dealkylation sites (N-methyl/N-ethyl adjacent to an activating group) is 1. The van der Waals surface area contributed by atoms with Gasteiger partial charge in [-0.3, -0.25) is 4.79 Å². The van der Waals surface area contributed by atoms with Crippen molar-refractivity contribution in [1.29, 1.82) is 0 Å². The van der Waals surface area contributed by atoms with Crippen molar-refractivity contribution in [3.8, 4) is 11.1 Å². The van der Waals surface area contributed by atoms with Gasteiger partial charge in [-0.25, -0.2) is 0 Å². The number of piperazine rings is 1. The zero-order valence-electron chi connectivity index (χ0n) is 12.3. The molecule has 0 bridgehead atoms. The van der Waals surface area contributed by atoms with Gasteiger partial charge in [0, 0.05) is 37.4 Å². The van der Waals surface area contributed by atoms with E-state index in [0.717, 1.165) is 54.8 Å². The number of nitrogens with zero attached hydrogens (tertiary/aromatic N) is 2. The third-order valence-electron chi connectivity index (χ3n) is 4.13. The molecule has 0 spiro atoms. The summed E-state index contributed by atoms with van der Waals surface area (Å²) in [7, 11) is 2.14. The molecule has 0 unspecified atom stereocenters. The smallest absolute Gasteiger partial charge is 0.152 e. The van der Waals surface area contributed by atoms with Crippen molar-refractivity contribution in [2.24, 2.45) is 0 Å². The number of carbonyl (C=O) groups excluding carboxylic acids is 1. The average molecular weight is 280 g/mol. The molecule has 3 rings (SSSR count). The highest BCUT2D eigenvalue weighted by Crippen LogP contribution is 2.30. The predicted octanol–water partition coefficient (Wildman–Crippen LogP) is 2.92. The molecule has 0 radical (unpaired) electrons. The fourth-order valence-corrected chi connectivity index (χ4v) is 2.87. The summed E-state index contributed by atoms with van der Waals surface area (Å²) in [6, 6.07) is 16.2. The van der Waals surface area contributed by atoms with Crippen LogP contribution in [0, 0.1) is 0 Å². The van der Waals surface area contributed by atoms with Crippen molar-refractivity contribution < 1.29 is 4.79 Å². The van der Waals surface area contributed by atoms with Gasteiger partial charge in [-0.1, -0.05) is 42.5 Å². The maximum absolute atomic E-state index is 11.7. The standard InChI is InChI=1S/C18H20N2O/c1-19-10-12-20(13-11-19)18-9-5-8-16(17(18)14-21)15-6-3-2-4-7-15/h2-9,14H,10-13H2,1H3. The van der Waals surface area contributed by atoms with E-state index >= 15 is 0 Å². The van der Waals surface area contributed by atoms with Crippen LogP contribution >= 0.6 is 0 Å². The Kier molecular flexibility index (Phi) is 4.02. The van der Waals surface area contributed by atoms with Crippen molar-refractivity contribution in [1.82, 2.24) is 4.90 Å². The Bertz CT molecular complexity index is 616. The lowest BCUT2D eigenvalue weighted by atomic mass is 9.98. The fourth-order valence-electron chi connectivity index (χ4n) is 2.87. The van der Waals surface area contributed by atoms with Crippen LogP contribution in [0.25, 0.3) is 11.1 Å². The molecule has 3 nitrogen and oxygen atoms in total. The number of hydrogen-bond acceptors (Lipinski definition) is 3. The van der Waals surface area contributed by atoms with Crippen molar-refractivity contribution >= 4 is 12.0 Å². The Hall–Kier alpha value is -2.13. The van der Waals surface area contributed by atoms with Crippen molar-refractivity contribution in [2.75, 3.05) is 38.1 Å². The van der Waals surface area contributed by atoms with Gasteiger partial charge < -0.3 is 9.80 Å². The molecule has 108 valence electrons. The van der Waals surface area contributed by atoms with Gasteiger partial charge in [0.15, 0.2) is 6.29 Å². The first-order chi connectivity index (χ1) is 10.3. The third-order valence-corrected chi connectivity index (χ3v) is 4.13. The van der Waals surface area contributed by atoms with Crippen LogP contribution < -0.4 is 4.90 Å². The van der Waals surface area contributed by atoms with E-state index in [4.69, 9.17) is 0 Å². The van der Waals surface area contributed by atoms with Crippen molar-refractivity contribution in [3.63, 3.8) is 0 Å². The average Bonchev–Trinajstić information content (AvgIpc) is 2.55. The molecule has 1 aliphatic rings. The molecule has 0 aliphatic carbocycles. The van der Waals surface area contributed by atoms with Gasteiger partial charge in [-0.15, -0.1) is 0 Å². The van der Waals surface area contributed by atoms with Crippen LogP contribution in [0.3, 0.4) is 0 Å². The molecule has 2 aromatic carbocycles. The summed E-state index contributed by atoms with van der Waals surface area (Å²) in [5, 5.41) is 0. The van der Waals surface area contributed by atoms with Gasteiger partial charge in [0.2, 0.25) is 0 Å². The number of carbonyl (C=O) groups is 1. The normalized spacial score (nSPS) is 16.0. The summed E-state index contributed by atoms with van der Waals surface area (Å²) in [5.41, 5.74) is 3.96. The molecule has 2 aromatic rings. The topological polar surface area (TPSA) is 23.6 Å². The maximum Gasteiger partial charge on any atom is 0.152 e. The van der Waals surface area contributed by atoms with Gasteiger partial charge in [0.05, 0.1) is 0 Å². The zero-order chi connectivity index (χ0) is 14.7. The second-order valence-corrected chi connectivity index (χ2v) is 5.51. The summed E-state index contributed by atoms with van der Waals surface area (Å²) in [6.45, 7) is 4.01. The lowest BCUT2D eigenvalue weighted by Gasteiger charge is -2.35. The molecule has 1 fully saturated rings. The fraction of sp³-hybridized carbons (Fsp3) is 0.278. The Morgan fingerprint density at radius 2 is 1.62 bits per heavy atom. The summed E-state index contributed by atoms with van der Waals surface area (Å²) in [4.78, 5) is 16.3. The number of hydrogen-bond donors (Lipinski definition) is 0. The molecule has 0 atom stereocenters. The molecule has 0 N–H and O–H groups in total. The second-order valence-electron chi connectivity index (χ2n) is 5.51. The lowest BCUT2D eigenvalue weighted by molar-refractivity contribution is 0.112. The molecule has 21 heavy (non-hydrogen) atoms. The van der Waals surface area contributed by atoms with Crippen LogP contribution in [0.2, 0.25) is 0 Å². The first-order valence-corrected chi connectivity index (χ1v) is 7.36. The van der Waals surface area contributed by atoms with E-state index in [9.17, 15) is 4.79 Å². The minimum Gasteiger partial charge on any atom is -0.368 e. The van der Waals surface area contributed by atoms with Crippen LogP contribution in [-0.4, -0.2) is 44.4 Å². The van der Waals surface area contributed by atoms with E-state index in [0.29, 0.717) is 0 Å². The third kappa shape index (κ3) is 2.83. The Labute approximate surface area is 125 Å². The van der Waals surface area contributed by atoms with Gasteiger partial charge in [-0.05, 0) is 24.2 Å². The van der Waals surface area contributed by atoms with Gasteiger partial charge in [-0.2, -0.15) is 0 Å². The highest BCUT2D eigenvalue weighted by molar-refractivity contribution is 5.94. The number of aldehydes is 1. The zero-order valence-corrected chi connectivity index (χ0v) is 12.3. The van der Waals surface area contributed by atoms with Crippen LogP contribution in [0.1, 0.15) is 10.4 Å². The summed E-state index contributed by atoms with van der Waals surface area (Å²) < 4.78 is 0. The van der Waals surface area contributed by atoms with Crippen LogP contribution in [0.4, 0.5) is 5.69 Å². The summed E-state index contributed by atoms with van der Waals surface area (Å²) in [5.74, 6) is 0. The molecule has 1 aliphatic heterocycles. The monoisotopic (exact) mass is 280 g/mol. The van der Waals surface area contributed by atoms with E-state index in [2.05, 4.69) is 35.0 Å². The van der Waals surface area contributed by atoms with E-state index in [1.165, 1.54) is 0 Å². The first kappa shape index (κ1) is 13.8. The first-order valence-electron chi connectivity index (χ1n) is 7.36. The van der Waals surface area contributed by atoms with E-state index in [-0.39, 0.29) is 0 Å². The highest BCUT2D eigenvalue weighted by atomic mass is 16.1. The van der Waals surface area contributed by atoms with Gasteiger partial charge in [0.25, 0.3) is 0 Å². The lowest BCUT2D eigenvalue weighted by Crippen LogP contribution is -2.44. The molecule has 0 saturated carbocycles. The van der Waals surface area contributed by atoms with Gasteiger partial charge in [0.1, 0.15) is 0 Å². The van der Waals surface area contributed by atoms with E-state index in [1.807, 2.05) is 30.3 Å². The van der Waals surface area contributed by atoms with E-state index < -0.39 is 0 Å². The van der Waals surface area contributed by atoms with Gasteiger partial charge >= 0.3 is 0 Å². The van der Waals surface area contributed by atoms with Crippen LogP contribution in [0.5, 0.6) is 0 Å². The largest absolute Gasteiger partial charge is 0.368 e. The Morgan fingerprint density at radius 3 is 2.29 bits per heavy atom. The number of anilines is 1. The molecule has 0 aromatic heterocycles. The number of benzene rings is 2. The second kappa shape index (κ2) is 6.10. The summed E-state index contributed by atoms with van der Waals surface area (Å²) in [6.07, 6.45) is 0.996. The number of rotatable bonds is 3. The minimum atomic E-state index is 0.799. The molecular weight excluding hydrogens is 260 g/mol. The van der Waals surface area contributed by atoms with Crippen LogP contribution in [-0.2, 0) is 0 Å². The van der Waals surface area contributed by atoms with Crippen molar-refractivity contribution in [3.05, 3.63) is 54.1 Å². The Morgan fingerprint density at radius 1 is 0.905 bits per heavy atom. The predicted molar refractivity (Wildman–Crippen MR) is 87.0 cm³/mol. The Balaban J connectivity index is 2.00. The van der Waals surface area contributed by atoms with Crippen molar-refractivity contribution in [2.45, 2.75) is 0 Å². The highest BCUT2D eigenvalue weighted by Gasteiger charge is 2.18. The molecule has 3 heteroatoms. The summed E-state index contributed by atoms with van der Waals surface area (Å²) >= 11 is 0. The van der Waals surface area contributed by atoms with E-state index in [1.54, 1.807) is 0 Å². The quantitative estimate of drug-likeness (QED) is 0.808.